The Hall–Kier alpha value is -1.44. The van der Waals surface area contributed by atoms with Crippen molar-refractivity contribution in [2.24, 2.45) is 0 Å². The molecule has 0 aliphatic carbocycles. The molecule has 21 heavy (non-hydrogen) atoms. The molecule has 1 aromatic carbocycles. The van der Waals surface area contributed by atoms with Crippen LogP contribution in [0.25, 0.3) is 0 Å². The number of aromatic nitrogens is 1. The van der Waals surface area contributed by atoms with Crippen molar-refractivity contribution in [1.82, 2.24) is 9.71 Å². The summed E-state index contributed by atoms with van der Waals surface area (Å²) < 4.78 is 27.5. The first kappa shape index (κ1) is 15.9. The Morgan fingerprint density at radius 3 is 2.48 bits per heavy atom. The fourth-order valence-electron chi connectivity index (χ4n) is 2.22. The zero-order valence-electron chi connectivity index (χ0n) is 12.4. The second-order valence-electron chi connectivity index (χ2n) is 5.13. The number of rotatable bonds is 4. The monoisotopic (exact) mass is 326 g/mol. The van der Waals surface area contributed by atoms with E-state index in [9.17, 15) is 13.2 Å². The van der Waals surface area contributed by atoms with E-state index in [1.54, 1.807) is 13.8 Å². The topological polar surface area (TPSA) is 79.0 Å². The lowest BCUT2D eigenvalue weighted by Gasteiger charge is -2.17. The molecule has 2 rings (SSSR count). The van der Waals surface area contributed by atoms with Crippen molar-refractivity contribution in [2.75, 3.05) is 0 Å². The molecule has 2 aromatic rings. The van der Waals surface area contributed by atoms with Crippen LogP contribution in [-0.4, -0.2) is 13.4 Å². The molecule has 114 valence electrons. The standard InChI is InChI=1S/C14H18N2O3S2/c1-8-5-6-9(2)12(7-8)10(3)16-21(18,19)13-11(4)15-14(17)20-13/h5-7,10,16H,1-4H3,(H,15,17). The van der Waals surface area contributed by atoms with Crippen LogP contribution < -0.4 is 9.60 Å². The highest BCUT2D eigenvalue weighted by molar-refractivity contribution is 7.91. The minimum Gasteiger partial charge on any atom is -0.315 e. The van der Waals surface area contributed by atoms with Crippen LogP contribution in [0.5, 0.6) is 0 Å². The van der Waals surface area contributed by atoms with Crippen LogP contribution in [0, 0.1) is 20.8 Å². The van der Waals surface area contributed by atoms with Crippen molar-refractivity contribution in [1.29, 1.82) is 0 Å². The van der Waals surface area contributed by atoms with Crippen molar-refractivity contribution in [3.63, 3.8) is 0 Å². The summed E-state index contributed by atoms with van der Waals surface area (Å²) in [6.45, 7) is 7.28. The van der Waals surface area contributed by atoms with Crippen LogP contribution in [0.15, 0.2) is 27.2 Å². The van der Waals surface area contributed by atoms with Crippen molar-refractivity contribution >= 4 is 21.4 Å². The summed E-state index contributed by atoms with van der Waals surface area (Å²) in [5, 5.41) is 0. The molecule has 5 nitrogen and oxygen atoms in total. The van der Waals surface area contributed by atoms with E-state index in [1.165, 1.54) is 0 Å². The molecule has 0 amide bonds. The van der Waals surface area contributed by atoms with Gasteiger partial charge in [-0.2, -0.15) is 0 Å². The summed E-state index contributed by atoms with van der Waals surface area (Å²) in [4.78, 5) is 13.4. The smallest absolute Gasteiger partial charge is 0.305 e. The minimum absolute atomic E-state index is 0.0460. The molecular weight excluding hydrogens is 308 g/mol. The van der Waals surface area contributed by atoms with Crippen LogP contribution in [-0.2, 0) is 10.0 Å². The van der Waals surface area contributed by atoms with Crippen LogP contribution in [0.4, 0.5) is 0 Å². The molecule has 7 heteroatoms. The number of aromatic amines is 1. The largest absolute Gasteiger partial charge is 0.315 e. The van der Waals surface area contributed by atoms with Gasteiger partial charge in [-0.1, -0.05) is 35.1 Å². The van der Waals surface area contributed by atoms with Gasteiger partial charge in [0.1, 0.15) is 0 Å². The maximum Gasteiger partial charge on any atom is 0.305 e. The minimum atomic E-state index is -3.71. The zero-order chi connectivity index (χ0) is 15.8. The number of thiazole rings is 1. The van der Waals surface area contributed by atoms with E-state index < -0.39 is 10.0 Å². The Labute approximate surface area is 128 Å². The lowest BCUT2D eigenvalue weighted by Crippen LogP contribution is -2.27. The van der Waals surface area contributed by atoms with Crippen molar-refractivity contribution in [3.05, 3.63) is 50.3 Å². The van der Waals surface area contributed by atoms with E-state index >= 15 is 0 Å². The summed E-state index contributed by atoms with van der Waals surface area (Å²) in [7, 11) is -3.71. The van der Waals surface area contributed by atoms with Gasteiger partial charge in [0.2, 0.25) is 0 Å². The number of benzene rings is 1. The van der Waals surface area contributed by atoms with E-state index in [1.807, 2.05) is 32.0 Å². The van der Waals surface area contributed by atoms with Gasteiger partial charge in [0.15, 0.2) is 4.21 Å². The van der Waals surface area contributed by atoms with Gasteiger partial charge < -0.3 is 4.98 Å². The second kappa shape index (κ2) is 5.75. The first-order chi connectivity index (χ1) is 9.70. The fourth-order valence-corrected chi connectivity index (χ4v) is 4.76. The Kier molecular flexibility index (Phi) is 4.36. The molecule has 1 heterocycles. The number of aryl methyl sites for hydroxylation is 3. The molecule has 0 aliphatic heterocycles. The highest BCUT2D eigenvalue weighted by Crippen LogP contribution is 2.23. The van der Waals surface area contributed by atoms with E-state index in [0.29, 0.717) is 17.0 Å². The molecule has 0 saturated carbocycles. The third-order valence-electron chi connectivity index (χ3n) is 3.26. The summed E-state index contributed by atoms with van der Waals surface area (Å²) in [6.07, 6.45) is 0. The Morgan fingerprint density at radius 2 is 1.90 bits per heavy atom. The average Bonchev–Trinajstić information content (AvgIpc) is 2.71. The second-order valence-corrected chi connectivity index (χ2v) is 8.02. The quantitative estimate of drug-likeness (QED) is 0.905. The van der Waals surface area contributed by atoms with Crippen molar-refractivity contribution in [2.45, 2.75) is 37.9 Å². The van der Waals surface area contributed by atoms with Crippen LogP contribution in [0.3, 0.4) is 0 Å². The van der Waals surface area contributed by atoms with Gasteiger partial charge in [-0.3, -0.25) is 4.79 Å². The first-order valence-corrected chi connectivity index (χ1v) is 8.80. The Morgan fingerprint density at radius 1 is 1.24 bits per heavy atom. The number of nitrogens with one attached hydrogen (secondary N) is 2. The van der Waals surface area contributed by atoms with Gasteiger partial charge in [0.25, 0.3) is 10.0 Å². The molecule has 2 N–H and O–H groups in total. The number of hydrogen-bond acceptors (Lipinski definition) is 4. The van der Waals surface area contributed by atoms with Gasteiger partial charge in [0, 0.05) is 11.7 Å². The Bertz CT molecular complexity index is 819. The molecule has 0 aliphatic rings. The molecule has 0 bridgehead atoms. The number of H-pyrrole nitrogens is 1. The predicted molar refractivity (Wildman–Crippen MR) is 84.3 cm³/mol. The van der Waals surface area contributed by atoms with E-state index in [2.05, 4.69) is 9.71 Å². The van der Waals surface area contributed by atoms with Gasteiger partial charge >= 0.3 is 4.87 Å². The Balaban J connectivity index is 2.34. The average molecular weight is 326 g/mol. The van der Waals surface area contributed by atoms with Crippen LogP contribution >= 0.6 is 11.3 Å². The number of hydrogen-bond donors (Lipinski definition) is 2. The van der Waals surface area contributed by atoms with Crippen LogP contribution in [0.1, 0.15) is 35.3 Å². The van der Waals surface area contributed by atoms with Gasteiger partial charge in [0.05, 0.1) is 0 Å². The highest BCUT2D eigenvalue weighted by Gasteiger charge is 2.23. The highest BCUT2D eigenvalue weighted by atomic mass is 32.2. The molecule has 1 aromatic heterocycles. The SMILES string of the molecule is Cc1ccc(C)c(C(C)NS(=O)(=O)c2sc(=O)[nH]c2C)c1. The molecule has 1 unspecified atom stereocenters. The maximum absolute atomic E-state index is 12.4. The fraction of sp³-hybridized carbons (Fsp3) is 0.357. The molecule has 1 atom stereocenters. The maximum atomic E-state index is 12.4. The summed E-state index contributed by atoms with van der Waals surface area (Å²) in [6, 6.07) is 5.55. The first-order valence-electron chi connectivity index (χ1n) is 6.50. The molecule has 0 spiro atoms. The molecule has 0 radical (unpaired) electrons. The van der Waals surface area contributed by atoms with Crippen molar-refractivity contribution in [3.8, 4) is 0 Å². The molecule has 0 saturated heterocycles. The third kappa shape index (κ3) is 3.42. The van der Waals surface area contributed by atoms with E-state index in [0.717, 1.165) is 16.7 Å². The van der Waals surface area contributed by atoms with Gasteiger partial charge in [-0.05, 0) is 38.8 Å². The lowest BCUT2D eigenvalue weighted by molar-refractivity contribution is 0.567. The van der Waals surface area contributed by atoms with E-state index in [4.69, 9.17) is 0 Å². The normalized spacial score (nSPS) is 13.3. The summed E-state index contributed by atoms with van der Waals surface area (Å²) in [5.74, 6) is 0. The summed E-state index contributed by atoms with van der Waals surface area (Å²) >= 11 is 0.704. The van der Waals surface area contributed by atoms with E-state index in [-0.39, 0.29) is 15.1 Å². The van der Waals surface area contributed by atoms with Crippen molar-refractivity contribution < 1.29 is 8.42 Å². The third-order valence-corrected chi connectivity index (χ3v) is 6.40. The molecular formula is C14H18N2O3S2. The molecule has 0 fully saturated rings. The zero-order valence-corrected chi connectivity index (χ0v) is 14.0. The van der Waals surface area contributed by atoms with Gasteiger partial charge in [-0.15, -0.1) is 0 Å². The predicted octanol–water partition coefficient (Wildman–Crippen LogP) is 2.40. The lowest BCUT2D eigenvalue weighted by atomic mass is 10.0. The van der Waals surface area contributed by atoms with Crippen LogP contribution in [0.2, 0.25) is 0 Å². The number of sulfonamides is 1. The van der Waals surface area contributed by atoms with Gasteiger partial charge in [-0.25, -0.2) is 13.1 Å². The summed E-state index contributed by atoms with van der Waals surface area (Å²) in [5.41, 5.74) is 3.39.